The molecule has 3 heteroatoms. The number of carbonyl (C=O) groups is 1. The third kappa shape index (κ3) is 3.62. The molecule has 0 unspecified atom stereocenters. The molecule has 2 aliphatic rings. The number of nitrogens with two attached hydrogens (primary N) is 1. The molecule has 27 heavy (non-hydrogen) atoms. The van der Waals surface area contributed by atoms with Crippen LogP contribution in [0.2, 0.25) is 0 Å². The first-order chi connectivity index (χ1) is 12.9. The summed E-state index contributed by atoms with van der Waals surface area (Å²) in [6.07, 6.45) is 6.19. The smallest absolute Gasteiger partial charge is 0.228 e. The molecule has 2 fully saturated rings. The van der Waals surface area contributed by atoms with E-state index in [4.69, 9.17) is 11.0 Å². The van der Waals surface area contributed by atoms with Crippen molar-refractivity contribution in [3.63, 3.8) is 0 Å². The number of primary amides is 1. The van der Waals surface area contributed by atoms with Gasteiger partial charge in [-0.3, -0.25) is 4.79 Å². The van der Waals surface area contributed by atoms with E-state index in [0.717, 1.165) is 37.7 Å². The van der Waals surface area contributed by atoms with Gasteiger partial charge in [0.15, 0.2) is 0 Å². The minimum atomic E-state index is -0.353. The Balaban J connectivity index is 0.000000156. The molecule has 0 saturated heterocycles. The first kappa shape index (κ1) is 19.2. The van der Waals surface area contributed by atoms with Crippen LogP contribution in [-0.2, 0) is 15.6 Å². The van der Waals surface area contributed by atoms with E-state index in [1.54, 1.807) is 0 Å². The Bertz CT molecular complexity index is 835. The van der Waals surface area contributed by atoms with Gasteiger partial charge in [-0.25, -0.2) is 0 Å². The average molecular weight is 361 g/mol. The highest BCUT2D eigenvalue weighted by Crippen LogP contribution is 2.44. The summed E-state index contributed by atoms with van der Waals surface area (Å²) in [5, 5.41) is 9.11. The zero-order chi connectivity index (χ0) is 19.5. The lowest BCUT2D eigenvalue weighted by Crippen LogP contribution is -2.46. The Hall–Kier alpha value is -2.60. The van der Waals surface area contributed by atoms with Crippen molar-refractivity contribution in [3.8, 4) is 6.07 Å². The van der Waals surface area contributed by atoms with E-state index in [-0.39, 0.29) is 16.7 Å². The second kappa shape index (κ2) is 7.56. The lowest BCUT2D eigenvalue weighted by atomic mass is 9.64. The van der Waals surface area contributed by atoms with Gasteiger partial charge in [-0.15, -0.1) is 0 Å². The Kier molecular flexibility index (Phi) is 5.37. The molecule has 0 aliphatic heterocycles. The number of carbonyl (C=O) groups excluding carboxylic acids is 1. The van der Waals surface area contributed by atoms with E-state index < -0.39 is 0 Å². The number of aryl methyl sites for hydroxylation is 2. The fourth-order valence-electron chi connectivity index (χ4n) is 3.95. The number of rotatable bonds is 3. The van der Waals surface area contributed by atoms with Crippen LogP contribution in [-0.4, -0.2) is 5.91 Å². The number of nitriles is 1. The topological polar surface area (TPSA) is 66.9 Å². The molecule has 2 N–H and O–H groups in total. The second-order valence-electron chi connectivity index (χ2n) is 8.08. The average Bonchev–Trinajstić information content (AvgIpc) is 2.57. The fraction of sp³-hybridized carbons (Fsp3) is 0.417. The van der Waals surface area contributed by atoms with Crippen LogP contribution in [0.25, 0.3) is 0 Å². The first-order valence-corrected chi connectivity index (χ1v) is 9.77. The van der Waals surface area contributed by atoms with E-state index >= 15 is 0 Å². The third-order valence-corrected chi connectivity index (χ3v) is 6.31. The summed E-state index contributed by atoms with van der Waals surface area (Å²) in [6.45, 7) is 4.12. The van der Waals surface area contributed by atoms with Crippen molar-refractivity contribution in [2.24, 2.45) is 5.73 Å². The molecule has 3 nitrogen and oxygen atoms in total. The fourth-order valence-corrected chi connectivity index (χ4v) is 3.95. The molecule has 2 aliphatic carbocycles. The molecule has 1 amide bonds. The summed E-state index contributed by atoms with van der Waals surface area (Å²) < 4.78 is 0. The summed E-state index contributed by atoms with van der Waals surface area (Å²) in [5.74, 6) is -0.174. The second-order valence-corrected chi connectivity index (χ2v) is 8.08. The largest absolute Gasteiger partial charge is 0.369 e. The molecule has 0 atom stereocenters. The molecule has 0 bridgehead atoms. The van der Waals surface area contributed by atoms with Crippen LogP contribution < -0.4 is 5.73 Å². The Morgan fingerprint density at radius 3 is 1.59 bits per heavy atom. The Morgan fingerprint density at radius 1 is 0.852 bits per heavy atom. The molecule has 0 radical (unpaired) electrons. The van der Waals surface area contributed by atoms with Gasteiger partial charge in [0.1, 0.15) is 0 Å². The van der Waals surface area contributed by atoms with Crippen molar-refractivity contribution in [2.45, 2.75) is 63.2 Å². The predicted octanol–water partition coefficient (Wildman–Crippen LogP) is 4.84. The van der Waals surface area contributed by atoms with Crippen molar-refractivity contribution in [1.82, 2.24) is 0 Å². The van der Waals surface area contributed by atoms with Crippen molar-refractivity contribution in [3.05, 3.63) is 70.8 Å². The summed E-state index contributed by atoms with van der Waals surface area (Å²) in [4.78, 5) is 11.4. The maximum absolute atomic E-state index is 11.4. The van der Waals surface area contributed by atoms with Gasteiger partial charge in [-0.2, -0.15) is 5.26 Å². The number of benzene rings is 2. The highest BCUT2D eigenvalue weighted by atomic mass is 16.1. The maximum atomic E-state index is 11.4. The van der Waals surface area contributed by atoms with Crippen LogP contribution in [0.3, 0.4) is 0 Å². The zero-order valence-corrected chi connectivity index (χ0v) is 16.3. The quantitative estimate of drug-likeness (QED) is 0.851. The lowest BCUT2D eigenvalue weighted by Gasteiger charge is -2.39. The van der Waals surface area contributed by atoms with Gasteiger partial charge >= 0.3 is 0 Å². The van der Waals surface area contributed by atoms with Crippen LogP contribution in [0.4, 0.5) is 0 Å². The summed E-state index contributed by atoms with van der Waals surface area (Å²) in [7, 11) is 0. The molecule has 0 spiro atoms. The standard InChI is InChI=1S/C12H15NO.C12H13N/c1-9-3-5-10(6-4-9)12(11(13)14)7-2-8-12;1-10-3-5-11(6-4-10)12(9-13)7-2-8-12/h3-6H,2,7-8H2,1H3,(H2,13,14);3-6H,2,7-8H2,1H3. The maximum Gasteiger partial charge on any atom is 0.228 e. The predicted molar refractivity (Wildman–Crippen MR) is 108 cm³/mol. The monoisotopic (exact) mass is 360 g/mol. The van der Waals surface area contributed by atoms with Crippen molar-refractivity contribution < 1.29 is 4.79 Å². The highest BCUT2D eigenvalue weighted by Gasteiger charge is 2.44. The molecule has 140 valence electrons. The number of hydrogen-bond acceptors (Lipinski definition) is 2. The van der Waals surface area contributed by atoms with Crippen molar-refractivity contribution in [2.75, 3.05) is 0 Å². The number of nitrogens with zero attached hydrogens (tertiary/aromatic N) is 1. The summed E-state index contributed by atoms with van der Waals surface area (Å²) in [5.41, 5.74) is 9.73. The first-order valence-electron chi connectivity index (χ1n) is 9.77. The minimum absolute atomic E-state index is 0.145. The van der Waals surface area contributed by atoms with E-state index in [9.17, 15) is 4.79 Å². The Labute approximate surface area is 162 Å². The molecule has 2 aromatic rings. The van der Waals surface area contributed by atoms with E-state index in [1.807, 2.05) is 31.2 Å². The highest BCUT2D eigenvalue weighted by molar-refractivity contribution is 5.87. The van der Waals surface area contributed by atoms with Gasteiger partial charge < -0.3 is 5.73 Å². The van der Waals surface area contributed by atoms with Crippen LogP contribution >= 0.6 is 0 Å². The minimum Gasteiger partial charge on any atom is -0.369 e. The van der Waals surface area contributed by atoms with Gasteiger partial charge in [-0.05, 0) is 57.1 Å². The van der Waals surface area contributed by atoms with Crippen molar-refractivity contribution >= 4 is 5.91 Å². The molecular weight excluding hydrogens is 332 g/mol. The van der Waals surface area contributed by atoms with E-state index in [1.165, 1.54) is 23.1 Å². The number of hydrogen-bond donors (Lipinski definition) is 1. The zero-order valence-electron chi connectivity index (χ0n) is 16.3. The SMILES string of the molecule is Cc1ccc(C2(C#N)CCC2)cc1.Cc1ccc(C2(C(N)=O)CCC2)cc1. The van der Waals surface area contributed by atoms with Gasteiger partial charge in [0, 0.05) is 0 Å². The summed E-state index contributed by atoms with van der Waals surface area (Å²) >= 11 is 0. The van der Waals surface area contributed by atoms with Crippen LogP contribution in [0.1, 0.15) is 60.8 Å². The Morgan fingerprint density at radius 2 is 1.30 bits per heavy atom. The molecule has 4 rings (SSSR count). The summed E-state index contributed by atoms with van der Waals surface area (Å²) in [6, 6.07) is 19.0. The molecule has 0 heterocycles. The third-order valence-electron chi connectivity index (χ3n) is 6.31. The molecular formula is C24H28N2O. The van der Waals surface area contributed by atoms with E-state index in [2.05, 4.69) is 37.3 Å². The van der Waals surface area contributed by atoms with Crippen LogP contribution in [0, 0.1) is 25.2 Å². The van der Waals surface area contributed by atoms with E-state index in [0.29, 0.717) is 0 Å². The molecule has 0 aromatic heterocycles. The van der Waals surface area contributed by atoms with Gasteiger partial charge in [0.05, 0.1) is 16.9 Å². The molecule has 2 aromatic carbocycles. The number of amides is 1. The van der Waals surface area contributed by atoms with Crippen LogP contribution in [0.5, 0.6) is 0 Å². The van der Waals surface area contributed by atoms with Crippen LogP contribution in [0.15, 0.2) is 48.5 Å². The van der Waals surface area contributed by atoms with Gasteiger partial charge in [-0.1, -0.05) is 66.1 Å². The van der Waals surface area contributed by atoms with Gasteiger partial charge in [0.25, 0.3) is 0 Å². The lowest BCUT2D eigenvalue weighted by molar-refractivity contribution is -0.126. The van der Waals surface area contributed by atoms with Gasteiger partial charge in [0.2, 0.25) is 5.91 Å². The van der Waals surface area contributed by atoms with Crippen molar-refractivity contribution in [1.29, 1.82) is 5.26 Å². The normalized spacial score (nSPS) is 18.7. The molecule has 2 saturated carbocycles.